The maximum Gasteiger partial charge on any atom is 0.191 e. The van der Waals surface area contributed by atoms with E-state index in [4.69, 9.17) is 15.5 Å². The summed E-state index contributed by atoms with van der Waals surface area (Å²) in [5.41, 5.74) is 9.53. The molecule has 6 heteroatoms. The molecule has 0 aliphatic carbocycles. The Kier molecular flexibility index (Phi) is 5.25. The molecule has 0 spiro atoms. The highest BCUT2D eigenvalue weighted by molar-refractivity contribution is 7.13. The van der Waals surface area contributed by atoms with Gasteiger partial charge in [-0.2, -0.15) is 0 Å². The Bertz CT molecular complexity index is 659. The molecule has 3 rings (SSSR count). The molecule has 1 aromatic carbocycles. The van der Waals surface area contributed by atoms with E-state index in [0.29, 0.717) is 12.5 Å². The number of aryl methyl sites for hydroxylation is 1. The normalized spacial score (nSPS) is 15.9. The third kappa shape index (κ3) is 4.30. The van der Waals surface area contributed by atoms with Crippen LogP contribution in [-0.2, 0) is 11.2 Å². The fourth-order valence-electron chi connectivity index (χ4n) is 2.43. The molecule has 1 saturated heterocycles. The first kappa shape index (κ1) is 16.0. The highest BCUT2D eigenvalue weighted by Gasteiger charge is 2.12. The molecule has 1 fully saturated rings. The van der Waals surface area contributed by atoms with Crippen molar-refractivity contribution in [1.82, 2.24) is 9.88 Å². The van der Waals surface area contributed by atoms with Gasteiger partial charge in [-0.1, -0.05) is 29.8 Å². The predicted octanol–water partition coefficient (Wildman–Crippen LogP) is 2.31. The van der Waals surface area contributed by atoms with Crippen LogP contribution in [0.1, 0.15) is 11.3 Å². The van der Waals surface area contributed by atoms with Gasteiger partial charge in [0.05, 0.1) is 18.9 Å². The van der Waals surface area contributed by atoms with Crippen LogP contribution < -0.4 is 5.73 Å². The van der Waals surface area contributed by atoms with Gasteiger partial charge in [0.25, 0.3) is 0 Å². The Hall–Kier alpha value is -1.92. The number of morpholine rings is 1. The fourth-order valence-corrected chi connectivity index (χ4v) is 3.29. The predicted molar refractivity (Wildman–Crippen MR) is 94.9 cm³/mol. The first-order valence-corrected chi connectivity index (χ1v) is 8.74. The Labute approximate surface area is 140 Å². The molecule has 0 unspecified atom stereocenters. The lowest BCUT2D eigenvalue weighted by Gasteiger charge is -2.27. The van der Waals surface area contributed by atoms with E-state index in [1.165, 1.54) is 11.1 Å². The monoisotopic (exact) mass is 330 g/mol. The van der Waals surface area contributed by atoms with Crippen molar-refractivity contribution in [2.75, 3.05) is 32.8 Å². The minimum atomic E-state index is 0.613. The standard InChI is InChI=1S/C17H22N4OS/c1-13-2-4-14(5-3-13)16-20-15(12-23-16)6-7-19-17(18)21-8-10-22-11-9-21/h2-5,12H,6-11H2,1H3,(H2,18,19). The van der Waals surface area contributed by atoms with Crippen LogP contribution >= 0.6 is 11.3 Å². The minimum Gasteiger partial charge on any atom is -0.378 e. The van der Waals surface area contributed by atoms with Crippen LogP contribution in [0.2, 0.25) is 0 Å². The second-order valence-corrected chi connectivity index (χ2v) is 6.46. The number of rotatable bonds is 4. The van der Waals surface area contributed by atoms with Crippen molar-refractivity contribution in [1.29, 1.82) is 0 Å². The van der Waals surface area contributed by atoms with Gasteiger partial charge in [0.15, 0.2) is 5.96 Å². The third-order valence-corrected chi connectivity index (χ3v) is 4.77. The molecular formula is C17H22N4OS. The van der Waals surface area contributed by atoms with E-state index >= 15 is 0 Å². The highest BCUT2D eigenvalue weighted by atomic mass is 32.1. The number of ether oxygens (including phenoxy) is 1. The second kappa shape index (κ2) is 7.57. The first-order chi connectivity index (χ1) is 11.2. The maximum atomic E-state index is 6.03. The molecule has 5 nitrogen and oxygen atoms in total. The van der Waals surface area contributed by atoms with Gasteiger partial charge >= 0.3 is 0 Å². The van der Waals surface area contributed by atoms with E-state index in [-0.39, 0.29) is 0 Å². The summed E-state index contributed by atoms with van der Waals surface area (Å²) in [6, 6.07) is 8.46. The van der Waals surface area contributed by atoms with Crippen LogP contribution in [0.25, 0.3) is 10.6 Å². The fraction of sp³-hybridized carbons (Fsp3) is 0.412. The van der Waals surface area contributed by atoms with Crippen molar-refractivity contribution in [2.24, 2.45) is 10.7 Å². The lowest BCUT2D eigenvalue weighted by atomic mass is 10.2. The molecule has 1 aromatic heterocycles. The molecular weight excluding hydrogens is 308 g/mol. The number of thiazole rings is 1. The molecule has 23 heavy (non-hydrogen) atoms. The smallest absolute Gasteiger partial charge is 0.191 e. The number of nitrogens with two attached hydrogens (primary N) is 1. The van der Waals surface area contributed by atoms with Crippen molar-refractivity contribution in [3.05, 3.63) is 40.9 Å². The lowest BCUT2D eigenvalue weighted by Crippen LogP contribution is -2.44. The molecule has 0 amide bonds. The number of hydrogen-bond donors (Lipinski definition) is 1. The van der Waals surface area contributed by atoms with Gasteiger partial charge in [0.1, 0.15) is 5.01 Å². The number of hydrogen-bond acceptors (Lipinski definition) is 4. The van der Waals surface area contributed by atoms with E-state index in [2.05, 4.69) is 46.5 Å². The molecule has 2 aromatic rings. The van der Waals surface area contributed by atoms with Crippen LogP contribution in [0.3, 0.4) is 0 Å². The van der Waals surface area contributed by atoms with Gasteiger partial charge in [0.2, 0.25) is 0 Å². The van der Waals surface area contributed by atoms with Crippen LogP contribution in [-0.4, -0.2) is 48.7 Å². The number of aromatic nitrogens is 1. The zero-order valence-electron chi connectivity index (χ0n) is 13.4. The first-order valence-electron chi connectivity index (χ1n) is 7.86. The molecule has 0 atom stereocenters. The summed E-state index contributed by atoms with van der Waals surface area (Å²) < 4.78 is 5.31. The summed E-state index contributed by atoms with van der Waals surface area (Å²) >= 11 is 1.68. The van der Waals surface area contributed by atoms with Crippen molar-refractivity contribution in [3.8, 4) is 10.6 Å². The van der Waals surface area contributed by atoms with Crippen LogP contribution in [0.5, 0.6) is 0 Å². The summed E-state index contributed by atoms with van der Waals surface area (Å²) in [7, 11) is 0. The largest absolute Gasteiger partial charge is 0.378 e. The SMILES string of the molecule is Cc1ccc(-c2nc(CCN=C(N)N3CCOCC3)cs2)cc1. The van der Waals surface area contributed by atoms with Crippen molar-refractivity contribution >= 4 is 17.3 Å². The van der Waals surface area contributed by atoms with E-state index in [9.17, 15) is 0 Å². The molecule has 0 bridgehead atoms. The molecule has 1 aliphatic rings. The third-order valence-electron chi connectivity index (χ3n) is 3.83. The molecule has 0 saturated carbocycles. The van der Waals surface area contributed by atoms with E-state index in [0.717, 1.165) is 43.4 Å². The number of nitrogens with zero attached hydrogens (tertiary/aromatic N) is 3. The average molecular weight is 330 g/mol. The zero-order valence-corrected chi connectivity index (χ0v) is 14.2. The van der Waals surface area contributed by atoms with Crippen molar-refractivity contribution in [3.63, 3.8) is 0 Å². The molecule has 1 aliphatic heterocycles. The van der Waals surface area contributed by atoms with Crippen LogP contribution in [0.15, 0.2) is 34.6 Å². The van der Waals surface area contributed by atoms with Crippen molar-refractivity contribution < 1.29 is 4.74 Å². The summed E-state index contributed by atoms with van der Waals surface area (Å²) in [5.74, 6) is 0.613. The van der Waals surface area contributed by atoms with Crippen LogP contribution in [0, 0.1) is 6.92 Å². The topological polar surface area (TPSA) is 63.7 Å². The van der Waals surface area contributed by atoms with Gasteiger partial charge in [-0.25, -0.2) is 4.98 Å². The molecule has 0 radical (unpaired) electrons. The summed E-state index contributed by atoms with van der Waals surface area (Å²) in [6.45, 7) is 5.85. The highest BCUT2D eigenvalue weighted by Crippen LogP contribution is 2.24. The molecule has 2 N–H and O–H groups in total. The summed E-state index contributed by atoms with van der Waals surface area (Å²) in [6.07, 6.45) is 0.813. The second-order valence-electron chi connectivity index (χ2n) is 5.60. The van der Waals surface area contributed by atoms with Gasteiger partial charge in [0, 0.05) is 37.0 Å². The molecule has 122 valence electrons. The number of guanidine groups is 1. The zero-order chi connectivity index (χ0) is 16.1. The quantitative estimate of drug-likeness (QED) is 0.690. The minimum absolute atomic E-state index is 0.613. The summed E-state index contributed by atoms with van der Waals surface area (Å²) in [5, 5.41) is 3.17. The number of aliphatic imine (C=N–C) groups is 1. The molecule has 2 heterocycles. The Morgan fingerprint density at radius 3 is 2.78 bits per heavy atom. The van der Waals surface area contributed by atoms with Gasteiger partial charge in [-0.05, 0) is 6.92 Å². The Morgan fingerprint density at radius 2 is 2.04 bits per heavy atom. The number of benzene rings is 1. The summed E-state index contributed by atoms with van der Waals surface area (Å²) in [4.78, 5) is 11.2. The van der Waals surface area contributed by atoms with Gasteiger partial charge in [-0.15, -0.1) is 11.3 Å². The van der Waals surface area contributed by atoms with Gasteiger partial charge in [-0.3, -0.25) is 4.99 Å². The van der Waals surface area contributed by atoms with E-state index in [1.807, 2.05) is 0 Å². The van der Waals surface area contributed by atoms with Crippen LogP contribution in [0.4, 0.5) is 0 Å². The Balaban J connectivity index is 1.55. The van der Waals surface area contributed by atoms with Crippen molar-refractivity contribution in [2.45, 2.75) is 13.3 Å². The van der Waals surface area contributed by atoms with Gasteiger partial charge < -0.3 is 15.4 Å². The average Bonchev–Trinajstić information content (AvgIpc) is 3.05. The lowest BCUT2D eigenvalue weighted by molar-refractivity contribution is 0.0674. The maximum absolute atomic E-state index is 6.03. The van der Waals surface area contributed by atoms with E-state index < -0.39 is 0 Å². The van der Waals surface area contributed by atoms with E-state index in [1.54, 1.807) is 11.3 Å². The Morgan fingerprint density at radius 1 is 1.30 bits per heavy atom.